The fourth-order valence-electron chi connectivity index (χ4n) is 3.05. The van der Waals surface area contributed by atoms with Gasteiger partial charge in [0.2, 0.25) is 0 Å². The standard InChI is InChI=1S/C21H46N2O2/c1-3-5-7-9-11-14-20(24)18-22-16-13-17-23-19-21(25)15-12-10-8-6-4-2/h20-25H,3-19H2,1-2H3. The predicted molar refractivity (Wildman–Crippen MR) is 109 cm³/mol. The van der Waals surface area contributed by atoms with Gasteiger partial charge in [-0.25, -0.2) is 0 Å². The van der Waals surface area contributed by atoms with Crippen LogP contribution in [0.5, 0.6) is 0 Å². The number of unbranched alkanes of at least 4 members (excludes halogenated alkanes) is 8. The first kappa shape index (κ1) is 24.8. The lowest BCUT2D eigenvalue weighted by Crippen LogP contribution is -2.31. The van der Waals surface area contributed by atoms with Crippen LogP contribution < -0.4 is 10.6 Å². The molecular formula is C21H46N2O2. The summed E-state index contributed by atoms with van der Waals surface area (Å²) in [5.74, 6) is 0. The van der Waals surface area contributed by atoms with Gasteiger partial charge in [0.1, 0.15) is 0 Å². The number of aliphatic hydroxyl groups is 2. The van der Waals surface area contributed by atoms with Crippen molar-refractivity contribution < 1.29 is 10.2 Å². The molecule has 0 aliphatic carbocycles. The molecule has 4 N–H and O–H groups in total. The molecule has 4 nitrogen and oxygen atoms in total. The monoisotopic (exact) mass is 358 g/mol. The molecule has 0 saturated heterocycles. The van der Waals surface area contributed by atoms with Crippen LogP contribution in [0.3, 0.4) is 0 Å². The highest BCUT2D eigenvalue weighted by atomic mass is 16.3. The highest BCUT2D eigenvalue weighted by molar-refractivity contribution is 4.63. The molecule has 0 radical (unpaired) electrons. The molecule has 25 heavy (non-hydrogen) atoms. The van der Waals surface area contributed by atoms with Crippen molar-refractivity contribution in [3.05, 3.63) is 0 Å². The number of hydrogen-bond acceptors (Lipinski definition) is 4. The molecule has 0 bridgehead atoms. The highest BCUT2D eigenvalue weighted by Gasteiger charge is 2.04. The molecule has 0 aromatic heterocycles. The third-order valence-corrected chi connectivity index (χ3v) is 4.75. The molecule has 4 heteroatoms. The molecule has 0 aromatic carbocycles. The van der Waals surface area contributed by atoms with E-state index in [0.29, 0.717) is 13.1 Å². The Bertz CT molecular complexity index is 228. The third kappa shape index (κ3) is 20.0. The number of hydrogen-bond donors (Lipinski definition) is 4. The van der Waals surface area contributed by atoms with Crippen LogP contribution in [-0.2, 0) is 0 Å². The smallest absolute Gasteiger partial charge is 0.0664 e. The fourth-order valence-corrected chi connectivity index (χ4v) is 3.05. The van der Waals surface area contributed by atoms with E-state index in [1.54, 1.807) is 0 Å². The lowest BCUT2D eigenvalue weighted by molar-refractivity contribution is 0.155. The maximum atomic E-state index is 9.91. The van der Waals surface area contributed by atoms with Crippen molar-refractivity contribution in [2.45, 2.75) is 110 Å². The SMILES string of the molecule is CCCCCCCC(O)CNCCCNCC(O)CCCCCCC. The van der Waals surface area contributed by atoms with E-state index < -0.39 is 0 Å². The van der Waals surface area contributed by atoms with E-state index >= 15 is 0 Å². The molecule has 0 rings (SSSR count). The Morgan fingerprint density at radius 3 is 1.36 bits per heavy atom. The van der Waals surface area contributed by atoms with Crippen molar-refractivity contribution in [1.82, 2.24) is 10.6 Å². The van der Waals surface area contributed by atoms with Gasteiger partial charge in [-0.2, -0.15) is 0 Å². The summed E-state index contributed by atoms with van der Waals surface area (Å²) in [4.78, 5) is 0. The van der Waals surface area contributed by atoms with Gasteiger partial charge in [-0.3, -0.25) is 0 Å². The summed E-state index contributed by atoms with van der Waals surface area (Å²) in [5, 5.41) is 26.5. The van der Waals surface area contributed by atoms with Gasteiger partial charge in [0.15, 0.2) is 0 Å². The summed E-state index contributed by atoms with van der Waals surface area (Å²) >= 11 is 0. The number of aliphatic hydroxyl groups excluding tert-OH is 2. The Kier molecular flexibility index (Phi) is 20.0. The minimum Gasteiger partial charge on any atom is -0.392 e. The first-order valence-corrected chi connectivity index (χ1v) is 11.0. The second kappa shape index (κ2) is 20.2. The number of nitrogens with one attached hydrogen (secondary N) is 2. The zero-order valence-electron chi connectivity index (χ0n) is 17.1. The van der Waals surface area contributed by atoms with Crippen LogP contribution in [0.15, 0.2) is 0 Å². The molecule has 0 amide bonds. The van der Waals surface area contributed by atoms with E-state index in [4.69, 9.17) is 0 Å². The number of rotatable bonds is 20. The van der Waals surface area contributed by atoms with Crippen molar-refractivity contribution in [3.8, 4) is 0 Å². The zero-order valence-corrected chi connectivity index (χ0v) is 17.1. The molecule has 0 heterocycles. The lowest BCUT2D eigenvalue weighted by Gasteiger charge is -2.13. The summed E-state index contributed by atoms with van der Waals surface area (Å²) in [5.41, 5.74) is 0. The van der Waals surface area contributed by atoms with Crippen LogP contribution in [0.4, 0.5) is 0 Å². The molecule has 152 valence electrons. The maximum Gasteiger partial charge on any atom is 0.0664 e. The average molecular weight is 359 g/mol. The minimum atomic E-state index is -0.205. The Morgan fingerprint density at radius 2 is 0.960 bits per heavy atom. The van der Waals surface area contributed by atoms with Gasteiger partial charge in [-0.05, 0) is 32.4 Å². The fraction of sp³-hybridized carbons (Fsp3) is 1.00. The first-order chi connectivity index (χ1) is 12.2. The lowest BCUT2D eigenvalue weighted by atomic mass is 10.1. The Labute approximate surface area is 157 Å². The van der Waals surface area contributed by atoms with E-state index in [1.807, 2.05) is 0 Å². The first-order valence-electron chi connectivity index (χ1n) is 11.0. The van der Waals surface area contributed by atoms with Gasteiger partial charge in [-0.15, -0.1) is 0 Å². The summed E-state index contributed by atoms with van der Waals surface area (Å²) in [7, 11) is 0. The Balaban J connectivity index is 3.23. The van der Waals surface area contributed by atoms with E-state index in [2.05, 4.69) is 24.5 Å². The zero-order chi connectivity index (χ0) is 18.6. The van der Waals surface area contributed by atoms with Gasteiger partial charge >= 0.3 is 0 Å². The van der Waals surface area contributed by atoms with Crippen LogP contribution in [0, 0.1) is 0 Å². The van der Waals surface area contributed by atoms with Gasteiger partial charge < -0.3 is 20.8 Å². The van der Waals surface area contributed by atoms with Crippen LogP contribution in [-0.4, -0.2) is 48.6 Å². The average Bonchev–Trinajstić information content (AvgIpc) is 2.60. The van der Waals surface area contributed by atoms with Gasteiger partial charge in [0, 0.05) is 13.1 Å². The molecular weight excluding hydrogens is 312 g/mol. The quantitative estimate of drug-likeness (QED) is 0.248. The molecule has 0 saturated carbocycles. The highest BCUT2D eigenvalue weighted by Crippen LogP contribution is 2.07. The predicted octanol–water partition coefficient (Wildman–Crippen LogP) is 4.00. The van der Waals surface area contributed by atoms with E-state index in [9.17, 15) is 10.2 Å². The Hall–Kier alpha value is -0.160. The topological polar surface area (TPSA) is 64.5 Å². The van der Waals surface area contributed by atoms with Crippen LogP contribution in [0.2, 0.25) is 0 Å². The second-order valence-corrected chi connectivity index (χ2v) is 7.48. The van der Waals surface area contributed by atoms with Crippen LogP contribution in [0.25, 0.3) is 0 Å². The van der Waals surface area contributed by atoms with Crippen LogP contribution in [0.1, 0.15) is 97.3 Å². The minimum absolute atomic E-state index is 0.205. The van der Waals surface area contributed by atoms with E-state index in [1.165, 1.54) is 51.4 Å². The Morgan fingerprint density at radius 1 is 0.560 bits per heavy atom. The van der Waals surface area contributed by atoms with Crippen LogP contribution >= 0.6 is 0 Å². The molecule has 0 aliphatic rings. The van der Waals surface area contributed by atoms with Crippen molar-refractivity contribution >= 4 is 0 Å². The molecule has 0 aliphatic heterocycles. The summed E-state index contributed by atoms with van der Waals surface area (Å²) < 4.78 is 0. The van der Waals surface area contributed by atoms with Gasteiger partial charge in [-0.1, -0.05) is 78.1 Å². The van der Waals surface area contributed by atoms with Crippen molar-refractivity contribution in [1.29, 1.82) is 0 Å². The summed E-state index contributed by atoms with van der Waals surface area (Å²) in [6.45, 7) is 7.70. The summed E-state index contributed by atoms with van der Waals surface area (Å²) in [6.07, 6.45) is 15.0. The normalized spacial score (nSPS) is 13.9. The van der Waals surface area contributed by atoms with Crippen molar-refractivity contribution in [3.63, 3.8) is 0 Å². The van der Waals surface area contributed by atoms with Crippen molar-refractivity contribution in [2.24, 2.45) is 0 Å². The molecule has 0 aromatic rings. The maximum absolute atomic E-state index is 9.91. The largest absolute Gasteiger partial charge is 0.392 e. The third-order valence-electron chi connectivity index (χ3n) is 4.75. The van der Waals surface area contributed by atoms with Gasteiger partial charge in [0.05, 0.1) is 12.2 Å². The second-order valence-electron chi connectivity index (χ2n) is 7.48. The molecule has 0 fully saturated rings. The molecule has 2 atom stereocenters. The summed E-state index contributed by atoms with van der Waals surface area (Å²) in [6, 6.07) is 0. The van der Waals surface area contributed by atoms with E-state index in [0.717, 1.165) is 45.2 Å². The van der Waals surface area contributed by atoms with Crippen molar-refractivity contribution in [2.75, 3.05) is 26.2 Å². The van der Waals surface area contributed by atoms with E-state index in [-0.39, 0.29) is 12.2 Å². The molecule has 2 unspecified atom stereocenters. The molecule has 0 spiro atoms. The van der Waals surface area contributed by atoms with Gasteiger partial charge in [0.25, 0.3) is 0 Å².